The Labute approximate surface area is 213 Å². The van der Waals surface area contributed by atoms with Crippen molar-refractivity contribution in [3.05, 3.63) is 53.7 Å². The normalized spacial score (nSPS) is 13.8. The van der Waals surface area contributed by atoms with Crippen LogP contribution in [0.2, 0.25) is 0 Å². The van der Waals surface area contributed by atoms with Crippen LogP contribution in [-0.2, 0) is 11.3 Å². The highest BCUT2D eigenvalue weighted by molar-refractivity contribution is 14.0. The number of halogens is 1. The summed E-state index contributed by atoms with van der Waals surface area (Å²) in [5.74, 6) is 2.68. The van der Waals surface area contributed by atoms with E-state index in [0.29, 0.717) is 32.1 Å². The van der Waals surface area contributed by atoms with Gasteiger partial charge in [-0.1, -0.05) is 18.2 Å². The molecule has 0 bridgehead atoms. The van der Waals surface area contributed by atoms with Gasteiger partial charge in [0.2, 0.25) is 5.91 Å². The molecule has 2 N–H and O–H groups in total. The molecule has 2 heterocycles. The maximum atomic E-state index is 12.6. The Hall–Kier alpha value is -2.56. The smallest absolute Gasteiger partial charge is 0.224 e. The number of carbonyl (C=O) groups excluding carboxylic acids is 1. The molecule has 1 aromatic carbocycles. The summed E-state index contributed by atoms with van der Waals surface area (Å²) < 4.78 is 5.74. The van der Waals surface area contributed by atoms with E-state index >= 15 is 0 Å². The Kier molecular flexibility index (Phi) is 11.2. The second kappa shape index (κ2) is 13.9. The maximum Gasteiger partial charge on any atom is 0.224 e. The van der Waals surface area contributed by atoms with Crippen molar-refractivity contribution in [2.24, 2.45) is 4.99 Å². The van der Waals surface area contributed by atoms with Gasteiger partial charge in [-0.3, -0.25) is 9.79 Å². The molecule has 1 aromatic heterocycles. The molecular weight excluding hydrogens is 531 g/mol. The number of aryl methyl sites for hydroxylation is 1. The van der Waals surface area contributed by atoms with Crippen molar-refractivity contribution in [1.82, 2.24) is 20.5 Å². The molecule has 1 fully saturated rings. The van der Waals surface area contributed by atoms with E-state index in [4.69, 9.17) is 4.74 Å². The minimum atomic E-state index is 0. The average Bonchev–Trinajstić information content (AvgIpc) is 2.83. The van der Waals surface area contributed by atoms with Gasteiger partial charge in [-0.2, -0.15) is 0 Å². The topological polar surface area (TPSA) is 82.1 Å². The van der Waals surface area contributed by atoms with Crippen LogP contribution in [0.1, 0.15) is 24.5 Å². The molecule has 1 amide bonds. The van der Waals surface area contributed by atoms with Gasteiger partial charge in [-0.25, -0.2) is 4.98 Å². The SMILES string of the molecule is CCOc1cc(C)ccc1CNC(=NC)NCCC(=O)N1CCN(c2ccccn2)CC1.I. The van der Waals surface area contributed by atoms with E-state index in [0.717, 1.165) is 43.3 Å². The van der Waals surface area contributed by atoms with Crippen LogP contribution in [0.25, 0.3) is 0 Å². The van der Waals surface area contributed by atoms with Crippen LogP contribution in [0.3, 0.4) is 0 Å². The van der Waals surface area contributed by atoms with E-state index in [1.54, 1.807) is 13.2 Å². The van der Waals surface area contributed by atoms with Crippen molar-refractivity contribution < 1.29 is 9.53 Å². The molecule has 3 rings (SSSR count). The molecule has 0 atom stereocenters. The Morgan fingerprint density at radius 3 is 2.61 bits per heavy atom. The van der Waals surface area contributed by atoms with Gasteiger partial charge in [0.05, 0.1) is 6.61 Å². The number of aliphatic imine (C=N–C) groups is 1. The number of guanidine groups is 1. The number of aromatic nitrogens is 1. The van der Waals surface area contributed by atoms with Gasteiger partial charge in [-0.05, 0) is 37.6 Å². The lowest BCUT2D eigenvalue weighted by molar-refractivity contribution is -0.131. The Morgan fingerprint density at radius 1 is 1.15 bits per heavy atom. The van der Waals surface area contributed by atoms with Crippen LogP contribution >= 0.6 is 24.0 Å². The Bertz CT molecular complexity index is 901. The largest absolute Gasteiger partial charge is 0.494 e. The Morgan fingerprint density at radius 2 is 1.94 bits per heavy atom. The van der Waals surface area contributed by atoms with Gasteiger partial charge in [0, 0.05) is 64.5 Å². The molecule has 0 unspecified atom stereocenters. The van der Waals surface area contributed by atoms with Gasteiger partial charge in [0.15, 0.2) is 5.96 Å². The lowest BCUT2D eigenvalue weighted by atomic mass is 10.1. The third kappa shape index (κ3) is 8.06. The zero-order chi connectivity index (χ0) is 22.8. The number of anilines is 1. The lowest BCUT2D eigenvalue weighted by Gasteiger charge is -2.35. The van der Waals surface area contributed by atoms with E-state index in [1.807, 2.05) is 36.1 Å². The lowest BCUT2D eigenvalue weighted by Crippen LogP contribution is -2.49. The molecule has 0 aliphatic carbocycles. The predicted molar refractivity (Wildman–Crippen MR) is 144 cm³/mol. The summed E-state index contributed by atoms with van der Waals surface area (Å²) in [5, 5.41) is 6.54. The molecule has 1 aliphatic heterocycles. The van der Waals surface area contributed by atoms with E-state index in [9.17, 15) is 4.79 Å². The van der Waals surface area contributed by atoms with Crippen molar-refractivity contribution in [2.75, 3.05) is 51.3 Å². The summed E-state index contributed by atoms with van der Waals surface area (Å²) in [5.41, 5.74) is 2.24. The highest BCUT2D eigenvalue weighted by Gasteiger charge is 2.21. The van der Waals surface area contributed by atoms with Crippen LogP contribution in [0.15, 0.2) is 47.6 Å². The molecule has 9 heteroatoms. The molecule has 1 aliphatic rings. The maximum absolute atomic E-state index is 12.6. The molecular formula is C24H35IN6O2. The van der Waals surface area contributed by atoms with Crippen LogP contribution in [0, 0.1) is 6.92 Å². The highest BCUT2D eigenvalue weighted by atomic mass is 127. The molecule has 2 aromatic rings. The molecule has 180 valence electrons. The third-order valence-electron chi connectivity index (χ3n) is 5.43. The number of carbonyl (C=O) groups is 1. The summed E-state index contributed by atoms with van der Waals surface area (Å²) in [6.07, 6.45) is 2.23. The predicted octanol–water partition coefficient (Wildman–Crippen LogP) is 2.81. The first-order valence-electron chi connectivity index (χ1n) is 11.2. The standard InChI is InChI=1S/C24H34N6O2.HI/c1-4-32-21-17-19(2)8-9-20(21)18-28-24(25-3)27-12-10-23(31)30-15-13-29(14-16-30)22-7-5-6-11-26-22;/h5-9,11,17H,4,10,12-16,18H2,1-3H3,(H2,25,27,28);1H. The van der Waals surface area contributed by atoms with Crippen LogP contribution in [0.4, 0.5) is 5.82 Å². The van der Waals surface area contributed by atoms with Gasteiger partial charge >= 0.3 is 0 Å². The van der Waals surface area contributed by atoms with E-state index in [1.165, 1.54) is 5.56 Å². The number of nitrogens with one attached hydrogen (secondary N) is 2. The summed E-state index contributed by atoms with van der Waals surface area (Å²) in [6.45, 7) is 8.83. The number of piperazine rings is 1. The summed E-state index contributed by atoms with van der Waals surface area (Å²) in [7, 11) is 1.73. The summed E-state index contributed by atoms with van der Waals surface area (Å²) in [4.78, 5) is 25.4. The van der Waals surface area contributed by atoms with Gasteiger partial charge in [-0.15, -0.1) is 24.0 Å². The van der Waals surface area contributed by atoms with Crippen LogP contribution < -0.4 is 20.3 Å². The number of nitrogens with zero attached hydrogens (tertiary/aromatic N) is 4. The zero-order valence-corrected chi connectivity index (χ0v) is 22.0. The highest BCUT2D eigenvalue weighted by Crippen LogP contribution is 2.20. The number of ether oxygens (including phenoxy) is 1. The fraction of sp³-hybridized carbons (Fsp3) is 0.458. The van der Waals surface area contributed by atoms with Crippen LogP contribution in [-0.4, -0.2) is 68.1 Å². The monoisotopic (exact) mass is 566 g/mol. The van der Waals surface area contributed by atoms with Crippen LogP contribution in [0.5, 0.6) is 5.75 Å². The first kappa shape index (κ1) is 26.7. The minimum Gasteiger partial charge on any atom is -0.494 e. The fourth-order valence-electron chi connectivity index (χ4n) is 3.67. The molecule has 0 spiro atoms. The van der Waals surface area contributed by atoms with Gasteiger partial charge < -0.3 is 25.2 Å². The fourth-order valence-corrected chi connectivity index (χ4v) is 3.67. The first-order valence-corrected chi connectivity index (χ1v) is 11.2. The summed E-state index contributed by atoms with van der Waals surface area (Å²) in [6, 6.07) is 12.1. The Balaban J connectivity index is 0.00000385. The van der Waals surface area contributed by atoms with E-state index in [2.05, 4.69) is 44.6 Å². The van der Waals surface area contributed by atoms with Crippen molar-refractivity contribution in [3.63, 3.8) is 0 Å². The quantitative estimate of drug-likeness (QED) is 0.291. The van der Waals surface area contributed by atoms with E-state index < -0.39 is 0 Å². The zero-order valence-electron chi connectivity index (χ0n) is 19.7. The number of hydrogen-bond donors (Lipinski definition) is 2. The van der Waals surface area contributed by atoms with Crippen molar-refractivity contribution in [1.29, 1.82) is 0 Å². The molecule has 0 radical (unpaired) electrons. The number of hydrogen-bond acceptors (Lipinski definition) is 5. The van der Waals surface area contributed by atoms with Crippen molar-refractivity contribution in [2.45, 2.75) is 26.8 Å². The van der Waals surface area contributed by atoms with Crippen molar-refractivity contribution in [3.8, 4) is 5.75 Å². The van der Waals surface area contributed by atoms with Gasteiger partial charge in [0.25, 0.3) is 0 Å². The van der Waals surface area contributed by atoms with Gasteiger partial charge in [0.1, 0.15) is 11.6 Å². The first-order chi connectivity index (χ1) is 15.6. The van der Waals surface area contributed by atoms with Crippen molar-refractivity contribution >= 4 is 41.7 Å². The van der Waals surface area contributed by atoms with E-state index in [-0.39, 0.29) is 29.9 Å². The second-order valence-corrected chi connectivity index (χ2v) is 7.70. The molecule has 8 nitrogen and oxygen atoms in total. The summed E-state index contributed by atoms with van der Waals surface area (Å²) >= 11 is 0. The second-order valence-electron chi connectivity index (χ2n) is 7.70. The number of rotatable bonds is 8. The average molecular weight is 566 g/mol. The third-order valence-corrected chi connectivity index (χ3v) is 5.43. The molecule has 33 heavy (non-hydrogen) atoms. The molecule has 1 saturated heterocycles. The number of pyridine rings is 1. The molecule has 0 saturated carbocycles. The number of amides is 1. The number of benzene rings is 1. The minimum absolute atomic E-state index is 0.